The fourth-order valence-corrected chi connectivity index (χ4v) is 3.52. The second-order valence-corrected chi connectivity index (χ2v) is 9.23. The molecule has 0 saturated carbocycles. The summed E-state index contributed by atoms with van der Waals surface area (Å²) in [6.07, 6.45) is 1.48. The molecule has 12 nitrogen and oxygen atoms in total. The van der Waals surface area contributed by atoms with E-state index in [1.807, 2.05) is 0 Å². The maximum absolute atomic E-state index is 13.0. The maximum Gasteiger partial charge on any atom is 0.299 e. The number of carbonyl (C=O) groups excluding carboxylic acids is 1. The number of ketones is 1. The molecule has 0 fully saturated rings. The number of hydrogen-bond acceptors (Lipinski definition) is 9. The number of unbranched alkanes of at least 4 members (excludes halogenated alkanes) is 1. The predicted octanol–water partition coefficient (Wildman–Crippen LogP) is 5.40. The van der Waals surface area contributed by atoms with Gasteiger partial charge in [0.25, 0.3) is 17.1 Å². The van der Waals surface area contributed by atoms with Crippen LogP contribution in [0.3, 0.4) is 0 Å². The molecule has 12 heteroatoms. The first-order chi connectivity index (χ1) is 16.3. The monoisotopic (exact) mass is 487 g/mol. The van der Waals surface area contributed by atoms with Crippen LogP contribution in [-0.2, 0) is 4.79 Å². The average Bonchev–Trinajstić information content (AvgIpc) is 2.77. The summed E-state index contributed by atoms with van der Waals surface area (Å²) in [7, 11) is 0. The molecule has 0 aromatic heterocycles. The average molecular weight is 488 g/mol. The summed E-state index contributed by atoms with van der Waals surface area (Å²) in [5, 5.41) is 39.7. The molecule has 35 heavy (non-hydrogen) atoms. The van der Waals surface area contributed by atoms with Crippen molar-refractivity contribution in [1.82, 2.24) is 0 Å². The van der Waals surface area contributed by atoms with Crippen LogP contribution in [0.25, 0.3) is 0 Å². The third-order valence-electron chi connectivity index (χ3n) is 5.36. The molecular formula is C23H29N5O7. The van der Waals surface area contributed by atoms with Gasteiger partial charge in [0.1, 0.15) is 11.4 Å². The van der Waals surface area contributed by atoms with Gasteiger partial charge in [-0.15, -0.1) is 0 Å². The van der Waals surface area contributed by atoms with Crippen molar-refractivity contribution in [3.63, 3.8) is 0 Å². The lowest BCUT2D eigenvalue weighted by molar-refractivity contribution is -0.393. The van der Waals surface area contributed by atoms with E-state index in [4.69, 9.17) is 0 Å². The highest BCUT2D eigenvalue weighted by molar-refractivity contribution is 5.91. The van der Waals surface area contributed by atoms with Crippen molar-refractivity contribution >= 4 is 34.2 Å². The van der Waals surface area contributed by atoms with E-state index in [0.717, 1.165) is 17.7 Å². The number of rotatable bonds is 12. The minimum Gasteiger partial charge on any atom is -0.379 e. The molecule has 0 aliphatic carbocycles. The van der Waals surface area contributed by atoms with Gasteiger partial charge in [-0.05, 0) is 43.9 Å². The van der Waals surface area contributed by atoms with Crippen LogP contribution in [0.15, 0.2) is 36.4 Å². The molecule has 188 valence electrons. The van der Waals surface area contributed by atoms with Gasteiger partial charge in [-0.1, -0.05) is 26.8 Å². The molecular weight excluding hydrogens is 458 g/mol. The van der Waals surface area contributed by atoms with Gasteiger partial charge < -0.3 is 10.6 Å². The van der Waals surface area contributed by atoms with Crippen molar-refractivity contribution in [2.45, 2.75) is 53.0 Å². The molecule has 0 heterocycles. The lowest BCUT2D eigenvalue weighted by atomic mass is 9.84. The first-order valence-electron chi connectivity index (χ1n) is 11.0. The summed E-state index contributed by atoms with van der Waals surface area (Å²) in [4.78, 5) is 44.9. The van der Waals surface area contributed by atoms with Gasteiger partial charge in [-0.25, -0.2) is 0 Å². The van der Waals surface area contributed by atoms with E-state index >= 15 is 0 Å². The second-order valence-electron chi connectivity index (χ2n) is 9.23. The van der Waals surface area contributed by atoms with Crippen LogP contribution in [0.1, 0.15) is 45.6 Å². The van der Waals surface area contributed by atoms with Crippen molar-refractivity contribution in [1.29, 1.82) is 0 Å². The van der Waals surface area contributed by atoms with Crippen molar-refractivity contribution in [3.8, 4) is 0 Å². The summed E-state index contributed by atoms with van der Waals surface area (Å²) < 4.78 is 0. The fraction of sp³-hybridized carbons (Fsp3) is 0.435. The normalized spacial score (nSPS) is 12.0. The quantitative estimate of drug-likeness (QED) is 0.226. The summed E-state index contributed by atoms with van der Waals surface area (Å²) in [5.41, 5.74) is -0.445. The number of nitrogens with zero attached hydrogens (tertiary/aromatic N) is 3. The summed E-state index contributed by atoms with van der Waals surface area (Å²) >= 11 is 0. The molecule has 0 aliphatic rings. The molecule has 0 amide bonds. The van der Waals surface area contributed by atoms with E-state index in [2.05, 4.69) is 10.6 Å². The highest BCUT2D eigenvalue weighted by Crippen LogP contribution is 2.31. The number of anilines is 2. The van der Waals surface area contributed by atoms with Crippen LogP contribution >= 0.6 is 0 Å². The van der Waals surface area contributed by atoms with Crippen molar-refractivity contribution in [2.75, 3.05) is 17.2 Å². The van der Waals surface area contributed by atoms with Gasteiger partial charge in [0.15, 0.2) is 5.78 Å². The van der Waals surface area contributed by atoms with Crippen LogP contribution in [0.5, 0.6) is 0 Å². The highest BCUT2D eigenvalue weighted by Gasteiger charge is 2.31. The number of Topliss-reactive ketones (excluding diaryl/α,β-unsaturated/α-hetero) is 1. The number of carbonyl (C=O) groups is 1. The Balaban J connectivity index is 2.11. The van der Waals surface area contributed by atoms with E-state index in [-0.39, 0.29) is 17.2 Å². The van der Waals surface area contributed by atoms with E-state index in [0.29, 0.717) is 31.5 Å². The topological polar surface area (TPSA) is 171 Å². The molecule has 2 rings (SSSR count). The Labute approximate surface area is 202 Å². The van der Waals surface area contributed by atoms with Crippen LogP contribution < -0.4 is 10.6 Å². The number of hydrogen-bond donors (Lipinski definition) is 2. The molecule has 2 aromatic rings. The molecule has 0 radical (unpaired) electrons. The Morgan fingerprint density at radius 1 is 0.886 bits per heavy atom. The van der Waals surface area contributed by atoms with Gasteiger partial charge in [-0.2, -0.15) is 0 Å². The van der Waals surface area contributed by atoms with Crippen molar-refractivity contribution in [3.05, 3.63) is 72.3 Å². The second kappa shape index (κ2) is 11.4. The van der Waals surface area contributed by atoms with E-state index < -0.39 is 37.6 Å². The smallest absolute Gasteiger partial charge is 0.299 e. The summed E-state index contributed by atoms with van der Waals surface area (Å²) in [5.74, 6) is -0.160. The first-order valence-corrected chi connectivity index (χ1v) is 11.0. The van der Waals surface area contributed by atoms with E-state index in [1.54, 1.807) is 39.8 Å². The molecule has 2 N–H and O–H groups in total. The maximum atomic E-state index is 13.0. The van der Waals surface area contributed by atoms with Crippen LogP contribution in [-0.4, -0.2) is 33.1 Å². The van der Waals surface area contributed by atoms with Gasteiger partial charge in [0.05, 0.1) is 26.9 Å². The molecule has 0 spiro atoms. The SMILES string of the molecule is Cc1ccc(NCCCC[C@H](Nc2ccc([N+](=O)[O-])cc2[N+](=O)[O-])C(=O)C(C)(C)C)c([N+](=O)[O-])c1. The number of non-ortho nitro benzene ring substituents is 1. The lowest BCUT2D eigenvalue weighted by Crippen LogP contribution is -2.38. The number of nitrogens with one attached hydrogen (secondary N) is 2. The minimum atomic E-state index is -0.760. The van der Waals surface area contributed by atoms with Crippen molar-refractivity contribution in [2.24, 2.45) is 5.41 Å². The third kappa shape index (κ3) is 7.45. The fourth-order valence-electron chi connectivity index (χ4n) is 3.52. The minimum absolute atomic E-state index is 0.0158. The zero-order valence-corrected chi connectivity index (χ0v) is 20.1. The number of aryl methyl sites for hydroxylation is 1. The largest absolute Gasteiger partial charge is 0.379 e. The van der Waals surface area contributed by atoms with Gasteiger partial charge in [-0.3, -0.25) is 35.1 Å². The van der Waals surface area contributed by atoms with Gasteiger partial charge in [0.2, 0.25) is 0 Å². The summed E-state index contributed by atoms with van der Waals surface area (Å²) in [6.45, 7) is 7.43. The van der Waals surface area contributed by atoms with Crippen molar-refractivity contribution < 1.29 is 19.6 Å². The molecule has 1 atom stereocenters. The molecule has 0 saturated heterocycles. The van der Waals surface area contributed by atoms with Gasteiger partial charge >= 0.3 is 0 Å². The zero-order chi connectivity index (χ0) is 26.3. The zero-order valence-electron chi connectivity index (χ0n) is 20.1. The molecule has 0 bridgehead atoms. The van der Waals surface area contributed by atoms with E-state index in [9.17, 15) is 35.1 Å². The number of nitro benzene ring substituents is 3. The number of benzene rings is 2. The Kier molecular flexibility index (Phi) is 8.81. The lowest BCUT2D eigenvalue weighted by Gasteiger charge is -2.26. The Morgan fingerprint density at radius 2 is 1.49 bits per heavy atom. The molecule has 2 aromatic carbocycles. The Bertz CT molecular complexity index is 1130. The number of nitro groups is 3. The Morgan fingerprint density at radius 3 is 2.06 bits per heavy atom. The first kappa shape index (κ1) is 27.2. The molecule has 0 unspecified atom stereocenters. The highest BCUT2D eigenvalue weighted by atomic mass is 16.6. The van der Waals surface area contributed by atoms with Crippen LogP contribution in [0.2, 0.25) is 0 Å². The standard InChI is InChI=1S/C23H29N5O7/c1-15-8-10-17(20(13-15)27(32)33)24-12-6-5-7-19(22(29)23(2,3)4)25-18-11-9-16(26(30)31)14-21(18)28(34)35/h8-11,13-14,19,24-25H,5-7,12H2,1-4H3/t19-/m0/s1. The van der Waals surface area contributed by atoms with E-state index in [1.165, 1.54) is 12.1 Å². The summed E-state index contributed by atoms with van der Waals surface area (Å²) in [6, 6.07) is 7.39. The predicted molar refractivity (Wildman–Crippen MR) is 132 cm³/mol. The Hall–Kier alpha value is -4.09. The molecule has 0 aliphatic heterocycles. The van der Waals surface area contributed by atoms with Gasteiger partial charge in [0, 0.05) is 24.1 Å². The third-order valence-corrected chi connectivity index (χ3v) is 5.36. The van der Waals surface area contributed by atoms with Crippen LogP contribution in [0.4, 0.5) is 28.4 Å². The van der Waals surface area contributed by atoms with Crippen LogP contribution in [0, 0.1) is 42.7 Å².